The number of rotatable bonds is 3. The Morgan fingerprint density at radius 2 is 1.21 bits per heavy atom. The van der Waals surface area contributed by atoms with E-state index in [9.17, 15) is 0 Å². The van der Waals surface area contributed by atoms with Gasteiger partial charge in [-0.1, -0.05) is 46.8 Å². The second-order valence-electron chi connectivity index (χ2n) is 5.29. The topological polar surface area (TPSA) is 0 Å². The summed E-state index contributed by atoms with van der Waals surface area (Å²) in [4.78, 5) is 0. The van der Waals surface area contributed by atoms with Crippen molar-refractivity contribution in [1.29, 1.82) is 0 Å². The van der Waals surface area contributed by atoms with Gasteiger partial charge in [0.05, 0.1) is 0 Å². The number of aryl methyl sites for hydroxylation is 2. The van der Waals surface area contributed by atoms with Crippen LogP contribution in [0.1, 0.15) is 22.3 Å². The molecule has 0 aliphatic heterocycles. The third kappa shape index (κ3) is 2.77. The molecule has 0 unspecified atom stereocenters. The van der Waals surface area contributed by atoms with Crippen molar-refractivity contribution in [1.82, 2.24) is 0 Å². The molecule has 2 aromatic carbocycles. The van der Waals surface area contributed by atoms with Crippen LogP contribution in [0, 0.1) is 27.7 Å². The van der Waals surface area contributed by atoms with E-state index in [-0.39, 0.29) is 0 Å². The Morgan fingerprint density at radius 1 is 0.789 bits per heavy atom. The van der Waals surface area contributed by atoms with Gasteiger partial charge in [-0.25, -0.2) is 0 Å². The fraction of sp³-hybridized carbons (Fsp3) is 0.294. The van der Waals surface area contributed by atoms with Crippen LogP contribution in [-0.4, -0.2) is 14.3 Å². The van der Waals surface area contributed by atoms with Crippen LogP contribution in [0.2, 0.25) is 0 Å². The maximum absolute atomic E-state index is 6.35. The van der Waals surface area contributed by atoms with Crippen molar-refractivity contribution in [3.05, 3.63) is 58.7 Å². The fourth-order valence-corrected chi connectivity index (χ4v) is 6.49. The van der Waals surface area contributed by atoms with Crippen LogP contribution in [-0.2, 0) is 0 Å². The van der Waals surface area contributed by atoms with E-state index in [4.69, 9.17) is 11.6 Å². The van der Waals surface area contributed by atoms with Crippen LogP contribution in [0.4, 0.5) is 0 Å². The molecule has 100 valence electrons. The third-order valence-electron chi connectivity index (χ3n) is 4.20. The summed E-state index contributed by atoms with van der Waals surface area (Å²) in [6.07, 6.45) is 0. The summed E-state index contributed by atoms with van der Waals surface area (Å²) in [7, 11) is -1.30. The number of alkyl halides is 1. The second-order valence-corrected chi connectivity index (χ2v) is 8.87. The summed E-state index contributed by atoms with van der Waals surface area (Å²) in [6.45, 7) is 8.81. The maximum Gasteiger partial charge on any atom is 0.118 e. The molecule has 2 aromatic rings. The predicted molar refractivity (Wildman–Crippen MR) is 89.0 cm³/mol. The van der Waals surface area contributed by atoms with E-state index in [2.05, 4.69) is 64.1 Å². The van der Waals surface area contributed by atoms with Crippen LogP contribution < -0.4 is 10.4 Å². The smallest absolute Gasteiger partial charge is 0.118 e. The summed E-state index contributed by atoms with van der Waals surface area (Å²) in [6, 6.07) is 13.2. The Morgan fingerprint density at radius 3 is 1.58 bits per heavy atom. The van der Waals surface area contributed by atoms with Crippen LogP contribution in [0.3, 0.4) is 0 Å². The molecular weight excluding hydrogens is 268 g/mol. The SMILES string of the molecule is Cc1cccc([SiH](CCl)c2cccc(C)c2C)c1C. The number of benzene rings is 2. The van der Waals surface area contributed by atoms with Crippen molar-refractivity contribution < 1.29 is 0 Å². The van der Waals surface area contributed by atoms with Crippen LogP contribution in [0.15, 0.2) is 36.4 Å². The first kappa shape index (κ1) is 14.4. The molecular formula is C17H21ClSi. The number of hydrogen-bond donors (Lipinski definition) is 0. The first-order valence-electron chi connectivity index (χ1n) is 6.74. The van der Waals surface area contributed by atoms with Gasteiger partial charge in [-0.15, -0.1) is 11.6 Å². The molecule has 0 bridgehead atoms. The van der Waals surface area contributed by atoms with Gasteiger partial charge in [0.1, 0.15) is 8.80 Å². The Labute approximate surface area is 123 Å². The van der Waals surface area contributed by atoms with Crippen molar-refractivity contribution in [2.75, 3.05) is 5.50 Å². The molecule has 0 atom stereocenters. The Hall–Kier alpha value is -1.05. The molecule has 0 saturated carbocycles. The average Bonchev–Trinajstić information content (AvgIpc) is 2.40. The van der Waals surface area contributed by atoms with E-state index >= 15 is 0 Å². The largest absolute Gasteiger partial charge is 0.130 e. The van der Waals surface area contributed by atoms with Crippen molar-refractivity contribution in [3.8, 4) is 0 Å². The maximum atomic E-state index is 6.35. The highest BCUT2D eigenvalue weighted by Crippen LogP contribution is 2.09. The summed E-state index contributed by atoms with van der Waals surface area (Å²) in [5.74, 6) is 0. The lowest BCUT2D eigenvalue weighted by Crippen LogP contribution is -2.47. The van der Waals surface area contributed by atoms with E-state index < -0.39 is 8.80 Å². The van der Waals surface area contributed by atoms with Crippen LogP contribution >= 0.6 is 11.6 Å². The van der Waals surface area contributed by atoms with Crippen LogP contribution in [0.5, 0.6) is 0 Å². The molecule has 0 nitrogen and oxygen atoms in total. The molecule has 2 heteroatoms. The van der Waals surface area contributed by atoms with Crippen molar-refractivity contribution in [2.45, 2.75) is 27.7 Å². The average molecular weight is 289 g/mol. The summed E-state index contributed by atoms with van der Waals surface area (Å²) in [5.41, 5.74) is 6.33. The van der Waals surface area contributed by atoms with Gasteiger partial charge in [0.15, 0.2) is 0 Å². The Bertz CT molecular complexity index is 538. The van der Waals surface area contributed by atoms with E-state index in [0.717, 1.165) is 5.50 Å². The molecule has 0 aromatic heterocycles. The van der Waals surface area contributed by atoms with Gasteiger partial charge in [0.2, 0.25) is 0 Å². The Kier molecular flexibility index (Phi) is 4.49. The molecule has 0 fully saturated rings. The first-order chi connectivity index (χ1) is 9.06. The van der Waals surface area contributed by atoms with E-state index in [0.29, 0.717) is 0 Å². The quantitative estimate of drug-likeness (QED) is 0.602. The number of hydrogen-bond acceptors (Lipinski definition) is 0. The molecule has 19 heavy (non-hydrogen) atoms. The molecule has 0 amide bonds. The lowest BCUT2D eigenvalue weighted by Gasteiger charge is -2.20. The van der Waals surface area contributed by atoms with Gasteiger partial charge in [0.25, 0.3) is 0 Å². The highest BCUT2D eigenvalue weighted by atomic mass is 35.5. The summed E-state index contributed by atoms with van der Waals surface area (Å²) in [5, 5.41) is 2.98. The number of halogens is 1. The lowest BCUT2D eigenvalue weighted by atomic mass is 10.1. The standard InChI is InChI=1S/C17H21ClSi/c1-12-7-5-9-16(14(12)3)19(11-18)17-10-6-8-13(2)15(17)4/h5-10,19H,11H2,1-4H3. The monoisotopic (exact) mass is 288 g/mol. The highest BCUT2D eigenvalue weighted by Gasteiger charge is 2.20. The van der Waals surface area contributed by atoms with Crippen LogP contribution in [0.25, 0.3) is 0 Å². The molecule has 0 spiro atoms. The van der Waals surface area contributed by atoms with Gasteiger partial charge >= 0.3 is 0 Å². The van der Waals surface area contributed by atoms with E-state index in [1.165, 1.54) is 32.6 Å². The van der Waals surface area contributed by atoms with Gasteiger partial charge < -0.3 is 0 Å². The van der Waals surface area contributed by atoms with Gasteiger partial charge in [-0.2, -0.15) is 0 Å². The second kappa shape index (κ2) is 5.94. The predicted octanol–water partition coefficient (Wildman–Crippen LogP) is 3.04. The molecule has 0 N–H and O–H groups in total. The minimum absolute atomic E-state index is 0.759. The van der Waals surface area contributed by atoms with E-state index in [1.807, 2.05) is 0 Å². The molecule has 0 radical (unpaired) electrons. The van der Waals surface area contributed by atoms with Crippen molar-refractivity contribution >= 4 is 30.8 Å². The van der Waals surface area contributed by atoms with Gasteiger partial charge in [-0.3, -0.25) is 0 Å². The van der Waals surface area contributed by atoms with E-state index in [1.54, 1.807) is 0 Å². The first-order valence-corrected chi connectivity index (χ1v) is 9.25. The van der Waals surface area contributed by atoms with Gasteiger partial charge in [0, 0.05) is 5.50 Å². The van der Waals surface area contributed by atoms with Gasteiger partial charge in [-0.05, 0) is 49.9 Å². The molecule has 2 rings (SSSR count). The minimum Gasteiger partial charge on any atom is -0.130 e. The Balaban J connectivity index is 2.57. The molecule has 0 heterocycles. The van der Waals surface area contributed by atoms with Crippen molar-refractivity contribution in [2.24, 2.45) is 0 Å². The normalized spacial score (nSPS) is 11.1. The third-order valence-corrected chi connectivity index (χ3v) is 8.19. The zero-order valence-corrected chi connectivity index (χ0v) is 14.0. The van der Waals surface area contributed by atoms with Crippen molar-refractivity contribution in [3.63, 3.8) is 0 Å². The molecule has 0 aliphatic rings. The highest BCUT2D eigenvalue weighted by molar-refractivity contribution is 6.90. The molecule has 0 saturated heterocycles. The zero-order chi connectivity index (χ0) is 14.0. The summed E-state index contributed by atoms with van der Waals surface area (Å²) >= 11 is 6.35. The fourth-order valence-electron chi connectivity index (χ4n) is 2.64. The summed E-state index contributed by atoms with van der Waals surface area (Å²) < 4.78 is 0. The zero-order valence-electron chi connectivity index (χ0n) is 12.1. The minimum atomic E-state index is -1.30. The lowest BCUT2D eigenvalue weighted by molar-refractivity contribution is 1.35. The molecule has 0 aliphatic carbocycles.